The van der Waals surface area contributed by atoms with Crippen LogP contribution in [0.3, 0.4) is 0 Å². The zero-order valence-electron chi connectivity index (χ0n) is 7.78. The molecule has 0 heterocycles. The first-order valence-electron chi connectivity index (χ1n) is 4.14. The van der Waals surface area contributed by atoms with Gasteiger partial charge in [-0.2, -0.15) is 26.3 Å². The second kappa shape index (κ2) is 4.03. The monoisotopic (exact) mass is 238 g/mol. The van der Waals surface area contributed by atoms with E-state index >= 15 is 0 Å². The van der Waals surface area contributed by atoms with Crippen LogP contribution >= 0.6 is 0 Å². The van der Waals surface area contributed by atoms with Gasteiger partial charge in [-0.15, -0.1) is 0 Å². The van der Waals surface area contributed by atoms with E-state index in [2.05, 4.69) is 0 Å². The molecule has 0 unspecified atom stereocenters. The number of rotatable bonds is 1. The highest BCUT2D eigenvalue weighted by atomic mass is 19.4. The number of halogens is 6. The van der Waals surface area contributed by atoms with E-state index in [0.717, 1.165) is 0 Å². The third-order valence-electron chi connectivity index (χ3n) is 1.99. The highest BCUT2D eigenvalue weighted by Crippen LogP contribution is 2.39. The zero-order chi connectivity index (χ0) is 12.6. The van der Waals surface area contributed by atoms with Crippen LogP contribution in [0, 0.1) is 0 Å². The molecule has 86 valence electrons. The number of benzene rings is 1. The van der Waals surface area contributed by atoms with E-state index in [0.29, 0.717) is 18.2 Å². The Labute approximate surface area is 88.7 Å². The Kier molecular flexibility index (Phi) is 3.26. The largest absolute Gasteiger partial charge is 0.416 e. The molecule has 0 spiro atoms. The van der Waals surface area contributed by atoms with E-state index in [4.69, 9.17) is 7.85 Å². The SMILES string of the molecule is [B]Cc1c(C(F)(F)F)cccc1C(F)(F)F. The fourth-order valence-electron chi connectivity index (χ4n) is 1.34. The molecule has 0 saturated carbocycles. The van der Waals surface area contributed by atoms with E-state index in [9.17, 15) is 26.3 Å². The highest BCUT2D eigenvalue weighted by molar-refractivity contribution is 6.08. The van der Waals surface area contributed by atoms with Gasteiger partial charge in [0, 0.05) is 0 Å². The average Bonchev–Trinajstić information content (AvgIpc) is 2.13. The zero-order valence-corrected chi connectivity index (χ0v) is 7.78. The Balaban J connectivity index is 3.45. The van der Waals surface area contributed by atoms with Gasteiger partial charge >= 0.3 is 12.4 Å². The van der Waals surface area contributed by atoms with Crippen LogP contribution in [0.15, 0.2) is 18.2 Å². The van der Waals surface area contributed by atoms with Gasteiger partial charge in [0.2, 0.25) is 0 Å². The standard InChI is InChI=1S/C9H5BF6/c10-4-5-6(8(11,12)13)2-1-3-7(5)9(14,15)16/h1-3H,4H2. The molecule has 0 atom stereocenters. The summed E-state index contributed by atoms with van der Waals surface area (Å²) in [7, 11) is 4.94. The molecule has 0 aliphatic heterocycles. The van der Waals surface area contributed by atoms with Gasteiger partial charge in [-0.1, -0.05) is 12.4 Å². The summed E-state index contributed by atoms with van der Waals surface area (Å²) in [4.78, 5) is 0. The van der Waals surface area contributed by atoms with Gasteiger partial charge in [-0.05, 0) is 17.7 Å². The van der Waals surface area contributed by atoms with Crippen molar-refractivity contribution in [3.05, 3.63) is 34.9 Å². The van der Waals surface area contributed by atoms with E-state index in [1.807, 2.05) is 0 Å². The van der Waals surface area contributed by atoms with E-state index in [1.54, 1.807) is 0 Å². The van der Waals surface area contributed by atoms with Gasteiger partial charge < -0.3 is 0 Å². The summed E-state index contributed by atoms with van der Waals surface area (Å²) < 4.78 is 74.3. The smallest absolute Gasteiger partial charge is 0.166 e. The second-order valence-electron chi connectivity index (χ2n) is 3.03. The number of hydrogen-bond donors (Lipinski definition) is 0. The molecule has 0 saturated heterocycles. The van der Waals surface area contributed by atoms with Crippen LogP contribution < -0.4 is 0 Å². The highest BCUT2D eigenvalue weighted by Gasteiger charge is 2.39. The molecule has 2 radical (unpaired) electrons. The Bertz CT molecular complexity index is 346. The van der Waals surface area contributed by atoms with Gasteiger partial charge in [0.25, 0.3) is 0 Å². The number of hydrogen-bond acceptors (Lipinski definition) is 0. The first-order valence-corrected chi connectivity index (χ1v) is 4.14. The third-order valence-corrected chi connectivity index (χ3v) is 1.99. The lowest BCUT2D eigenvalue weighted by Crippen LogP contribution is -2.16. The Morgan fingerprint density at radius 3 is 1.50 bits per heavy atom. The summed E-state index contributed by atoms with van der Waals surface area (Å²) in [6, 6.07) is 1.87. The lowest BCUT2D eigenvalue weighted by atomic mass is 9.88. The van der Waals surface area contributed by atoms with Gasteiger partial charge in [0.15, 0.2) is 0 Å². The maximum absolute atomic E-state index is 12.4. The van der Waals surface area contributed by atoms with Crippen molar-refractivity contribution >= 4 is 7.85 Å². The van der Waals surface area contributed by atoms with Crippen LogP contribution in [0.25, 0.3) is 0 Å². The van der Waals surface area contributed by atoms with Crippen LogP contribution in [-0.4, -0.2) is 7.85 Å². The molecule has 1 rings (SSSR count). The number of alkyl halides is 6. The molecule has 0 aromatic heterocycles. The van der Waals surface area contributed by atoms with Crippen molar-refractivity contribution in [1.29, 1.82) is 0 Å². The van der Waals surface area contributed by atoms with Gasteiger partial charge in [0.1, 0.15) is 0 Å². The van der Waals surface area contributed by atoms with Crippen molar-refractivity contribution in [3.8, 4) is 0 Å². The van der Waals surface area contributed by atoms with Gasteiger partial charge in [0.05, 0.1) is 19.0 Å². The quantitative estimate of drug-likeness (QED) is 0.519. The summed E-state index contributed by atoms with van der Waals surface area (Å²) in [6.45, 7) is 0. The molecule has 1 aromatic carbocycles. The first-order chi connectivity index (χ1) is 7.18. The van der Waals surface area contributed by atoms with Crippen LogP contribution in [0.1, 0.15) is 16.7 Å². The van der Waals surface area contributed by atoms with Crippen LogP contribution in [0.2, 0.25) is 0 Å². The molecule has 0 aliphatic carbocycles. The minimum Gasteiger partial charge on any atom is -0.166 e. The molecule has 0 N–H and O–H groups in total. The predicted molar refractivity (Wildman–Crippen MR) is 45.9 cm³/mol. The van der Waals surface area contributed by atoms with Crippen LogP contribution in [0.5, 0.6) is 0 Å². The van der Waals surface area contributed by atoms with Crippen LogP contribution in [-0.2, 0) is 18.7 Å². The van der Waals surface area contributed by atoms with E-state index in [1.165, 1.54) is 0 Å². The van der Waals surface area contributed by atoms with Crippen molar-refractivity contribution in [2.45, 2.75) is 18.7 Å². The van der Waals surface area contributed by atoms with Gasteiger partial charge in [-0.3, -0.25) is 0 Å². The van der Waals surface area contributed by atoms with Crippen molar-refractivity contribution in [2.24, 2.45) is 0 Å². The summed E-state index contributed by atoms with van der Waals surface area (Å²) in [5.41, 5.74) is -3.61. The molecule has 16 heavy (non-hydrogen) atoms. The van der Waals surface area contributed by atoms with Crippen LogP contribution in [0.4, 0.5) is 26.3 Å². The maximum atomic E-state index is 12.4. The molecule has 0 amide bonds. The molecule has 0 fully saturated rings. The molecule has 7 heteroatoms. The molecule has 0 aliphatic rings. The second-order valence-corrected chi connectivity index (χ2v) is 3.03. The average molecular weight is 238 g/mol. The van der Waals surface area contributed by atoms with Crippen molar-refractivity contribution < 1.29 is 26.3 Å². The fraction of sp³-hybridized carbons (Fsp3) is 0.333. The molecule has 0 bridgehead atoms. The van der Waals surface area contributed by atoms with E-state index in [-0.39, 0.29) is 0 Å². The maximum Gasteiger partial charge on any atom is 0.416 e. The van der Waals surface area contributed by atoms with Crippen molar-refractivity contribution in [1.82, 2.24) is 0 Å². The molecule has 1 aromatic rings. The normalized spacial score (nSPS) is 12.9. The fourth-order valence-corrected chi connectivity index (χ4v) is 1.34. The molecule has 0 nitrogen and oxygen atoms in total. The summed E-state index contributed by atoms with van der Waals surface area (Å²) in [5.74, 6) is 0. The summed E-state index contributed by atoms with van der Waals surface area (Å²) in [6.07, 6.45) is -10.5. The lowest BCUT2D eigenvalue weighted by molar-refractivity contribution is -0.144. The first kappa shape index (κ1) is 12.9. The Morgan fingerprint density at radius 1 is 0.875 bits per heavy atom. The predicted octanol–water partition coefficient (Wildman–Crippen LogP) is 3.39. The topological polar surface area (TPSA) is 0 Å². The lowest BCUT2D eigenvalue weighted by Gasteiger charge is -2.17. The minimum atomic E-state index is -4.84. The summed E-state index contributed by atoms with van der Waals surface area (Å²) in [5, 5.41) is 0. The van der Waals surface area contributed by atoms with Gasteiger partial charge in [-0.25, -0.2) is 0 Å². The summed E-state index contributed by atoms with van der Waals surface area (Å²) >= 11 is 0. The molecular formula is C9H5BF6. The Hall–Kier alpha value is -1.14. The Morgan fingerprint density at radius 2 is 1.25 bits per heavy atom. The molecular weight excluding hydrogens is 233 g/mol. The third kappa shape index (κ3) is 2.51. The van der Waals surface area contributed by atoms with Crippen molar-refractivity contribution in [3.63, 3.8) is 0 Å². The minimum absolute atomic E-state index is 0.581. The van der Waals surface area contributed by atoms with E-state index < -0.39 is 35.4 Å². The van der Waals surface area contributed by atoms with Crippen molar-refractivity contribution in [2.75, 3.05) is 0 Å².